The lowest BCUT2D eigenvalue weighted by Gasteiger charge is -2.14. The fraction of sp³-hybridized carbons (Fsp3) is 0.231. The summed E-state index contributed by atoms with van der Waals surface area (Å²) in [6.07, 6.45) is 2.80. The van der Waals surface area contributed by atoms with E-state index in [-0.39, 0.29) is 23.5 Å². The van der Waals surface area contributed by atoms with Crippen LogP contribution in [0.2, 0.25) is 0 Å². The Balaban J connectivity index is 1.54. The zero-order chi connectivity index (χ0) is 23.7. The summed E-state index contributed by atoms with van der Waals surface area (Å²) in [5.74, 6) is 5.22. The Morgan fingerprint density at radius 2 is 1.82 bits per heavy atom. The van der Waals surface area contributed by atoms with E-state index in [2.05, 4.69) is 33.9 Å². The number of rotatable bonds is 4. The third-order valence-corrected chi connectivity index (χ3v) is 6.17. The van der Waals surface area contributed by atoms with Crippen molar-refractivity contribution < 1.29 is 4.79 Å². The number of fused-ring (bicyclic) bond motifs is 1. The number of likely N-dealkylation sites (tertiary alicyclic amines) is 1. The number of benzene rings is 2. The minimum atomic E-state index is -0.251. The van der Waals surface area contributed by atoms with E-state index in [0.29, 0.717) is 36.4 Å². The van der Waals surface area contributed by atoms with Gasteiger partial charge in [0.25, 0.3) is 5.91 Å². The van der Waals surface area contributed by atoms with E-state index in [4.69, 9.17) is 5.73 Å². The van der Waals surface area contributed by atoms with E-state index in [1.165, 1.54) is 11.9 Å². The zero-order valence-electron chi connectivity index (χ0n) is 18.8. The third kappa shape index (κ3) is 3.82. The van der Waals surface area contributed by atoms with Crippen LogP contribution in [0, 0.1) is 11.8 Å². The molecular formula is C26H24N6O2. The Hall–Kier alpha value is -4.38. The maximum Gasteiger partial charge on any atom is 0.335 e. The summed E-state index contributed by atoms with van der Waals surface area (Å²) in [6, 6.07) is 17.9. The molecule has 0 radical (unpaired) electrons. The highest BCUT2D eigenvalue weighted by molar-refractivity contribution is 5.93. The number of amides is 1. The lowest BCUT2D eigenvalue weighted by Crippen LogP contribution is -2.31. The number of imidazole rings is 1. The number of nitrogens with two attached hydrogens (primary N) is 1. The molecule has 1 aliphatic heterocycles. The Morgan fingerprint density at radius 1 is 1.09 bits per heavy atom. The van der Waals surface area contributed by atoms with Crippen molar-refractivity contribution in [1.29, 1.82) is 0 Å². The number of carbonyl (C=O) groups is 1. The molecule has 1 fully saturated rings. The van der Waals surface area contributed by atoms with Crippen molar-refractivity contribution in [3.05, 3.63) is 82.5 Å². The number of hydrogen-bond donors (Lipinski definition) is 1. The van der Waals surface area contributed by atoms with Crippen molar-refractivity contribution in [2.24, 2.45) is 0 Å². The van der Waals surface area contributed by atoms with Gasteiger partial charge in [0, 0.05) is 13.1 Å². The van der Waals surface area contributed by atoms with E-state index in [0.717, 1.165) is 12.0 Å². The van der Waals surface area contributed by atoms with Gasteiger partial charge >= 0.3 is 5.69 Å². The van der Waals surface area contributed by atoms with Gasteiger partial charge in [0.1, 0.15) is 11.8 Å². The molecule has 1 unspecified atom stereocenters. The van der Waals surface area contributed by atoms with Gasteiger partial charge in [-0.25, -0.2) is 14.8 Å². The predicted molar refractivity (Wildman–Crippen MR) is 130 cm³/mol. The molecule has 34 heavy (non-hydrogen) atoms. The van der Waals surface area contributed by atoms with Gasteiger partial charge in [0.2, 0.25) is 0 Å². The van der Waals surface area contributed by atoms with Crippen molar-refractivity contribution in [3.8, 4) is 17.5 Å². The molecule has 2 aromatic heterocycles. The second kappa shape index (κ2) is 8.87. The minimum absolute atomic E-state index is 0.217. The molecule has 2 N–H and O–H groups in total. The molecule has 1 saturated heterocycles. The van der Waals surface area contributed by atoms with Crippen molar-refractivity contribution >= 4 is 22.9 Å². The van der Waals surface area contributed by atoms with Crippen LogP contribution in [0.5, 0.6) is 0 Å². The quantitative estimate of drug-likeness (QED) is 0.480. The van der Waals surface area contributed by atoms with Crippen LogP contribution in [-0.2, 0) is 11.2 Å². The van der Waals surface area contributed by atoms with Crippen molar-refractivity contribution in [2.75, 3.05) is 18.8 Å². The van der Waals surface area contributed by atoms with Gasteiger partial charge in [-0.05, 0) is 48.9 Å². The molecule has 4 aromatic rings. The molecule has 5 rings (SSSR count). The maximum atomic E-state index is 13.7. The van der Waals surface area contributed by atoms with Gasteiger partial charge in [-0.2, -0.15) is 0 Å². The first kappa shape index (κ1) is 21.5. The highest BCUT2D eigenvalue weighted by Gasteiger charge is 2.31. The molecule has 3 heterocycles. The van der Waals surface area contributed by atoms with Crippen LogP contribution in [0.3, 0.4) is 0 Å². The van der Waals surface area contributed by atoms with Crippen LogP contribution in [0.4, 0.5) is 5.82 Å². The topological polar surface area (TPSA) is 99.0 Å². The normalized spacial score (nSPS) is 15.3. The Kier molecular flexibility index (Phi) is 5.60. The first-order valence-electron chi connectivity index (χ1n) is 11.1. The lowest BCUT2D eigenvalue weighted by molar-refractivity contribution is -0.124. The second-order valence-electron chi connectivity index (χ2n) is 8.32. The fourth-order valence-electron chi connectivity index (χ4n) is 4.55. The number of anilines is 1. The molecular weight excluding hydrogens is 428 g/mol. The summed E-state index contributed by atoms with van der Waals surface area (Å²) in [4.78, 5) is 36.1. The van der Waals surface area contributed by atoms with E-state index in [1.54, 1.807) is 21.0 Å². The number of carbonyl (C=O) groups excluding carboxylic acids is 1. The number of nitrogens with zero attached hydrogens (tertiary/aromatic N) is 5. The Bertz CT molecular complexity index is 1480. The van der Waals surface area contributed by atoms with Gasteiger partial charge < -0.3 is 10.6 Å². The van der Waals surface area contributed by atoms with Crippen LogP contribution in [-0.4, -0.2) is 43.0 Å². The Morgan fingerprint density at radius 3 is 2.56 bits per heavy atom. The van der Waals surface area contributed by atoms with Crippen LogP contribution in [0.1, 0.15) is 30.5 Å². The molecule has 1 amide bonds. The van der Waals surface area contributed by atoms with Gasteiger partial charge in [-0.3, -0.25) is 13.9 Å². The molecule has 1 atom stereocenters. The lowest BCUT2D eigenvalue weighted by atomic mass is 10.0. The average molecular weight is 453 g/mol. The molecule has 8 nitrogen and oxygen atoms in total. The van der Waals surface area contributed by atoms with Crippen molar-refractivity contribution in [1.82, 2.24) is 24.0 Å². The van der Waals surface area contributed by atoms with E-state index in [1.807, 2.05) is 42.5 Å². The summed E-state index contributed by atoms with van der Waals surface area (Å²) in [7, 11) is 0. The van der Waals surface area contributed by atoms with E-state index < -0.39 is 0 Å². The highest BCUT2D eigenvalue weighted by Crippen LogP contribution is 2.27. The molecule has 0 bridgehead atoms. The SMILES string of the molecule is CC#CC(=O)N1CCC(n2c(=O)n(-c3ccc(Cc4ccccc4)cc3)c3c(N)ncnc32)C1. The third-order valence-electron chi connectivity index (χ3n) is 6.17. The predicted octanol–water partition coefficient (Wildman–Crippen LogP) is 2.55. The first-order chi connectivity index (χ1) is 16.6. The molecule has 1 aliphatic rings. The van der Waals surface area contributed by atoms with Crippen LogP contribution in [0.15, 0.2) is 65.7 Å². The van der Waals surface area contributed by atoms with Crippen LogP contribution >= 0.6 is 0 Å². The standard InChI is InChI=1S/C26H24N6O2/c1-2-6-22(33)30-14-13-21(16-30)32-25-23(24(27)28-17-29-25)31(26(32)34)20-11-9-19(10-12-20)15-18-7-4-3-5-8-18/h3-5,7-12,17,21H,13-16H2,1H3,(H2,27,28,29). The first-order valence-corrected chi connectivity index (χ1v) is 11.1. The summed E-state index contributed by atoms with van der Waals surface area (Å²) < 4.78 is 3.20. The average Bonchev–Trinajstić information content (AvgIpc) is 3.43. The highest BCUT2D eigenvalue weighted by atomic mass is 16.2. The van der Waals surface area contributed by atoms with Crippen LogP contribution < -0.4 is 11.4 Å². The van der Waals surface area contributed by atoms with Gasteiger partial charge in [0.15, 0.2) is 11.5 Å². The number of hydrogen-bond acceptors (Lipinski definition) is 5. The minimum Gasteiger partial charge on any atom is -0.382 e. The Labute approximate surface area is 196 Å². The maximum absolute atomic E-state index is 13.7. The molecule has 170 valence electrons. The van der Waals surface area contributed by atoms with Gasteiger partial charge in [0.05, 0.1) is 11.7 Å². The van der Waals surface area contributed by atoms with E-state index in [9.17, 15) is 9.59 Å². The summed E-state index contributed by atoms with van der Waals surface area (Å²) in [5, 5.41) is 0. The van der Waals surface area contributed by atoms with E-state index >= 15 is 0 Å². The largest absolute Gasteiger partial charge is 0.382 e. The number of aromatic nitrogens is 4. The van der Waals surface area contributed by atoms with Gasteiger partial charge in [-0.1, -0.05) is 48.4 Å². The van der Waals surface area contributed by atoms with Crippen molar-refractivity contribution in [3.63, 3.8) is 0 Å². The molecule has 2 aromatic carbocycles. The molecule has 8 heteroatoms. The molecule has 0 aliphatic carbocycles. The summed E-state index contributed by atoms with van der Waals surface area (Å²) in [5.41, 5.74) is 9.95. The summed E-state index contributed by atoms with van der Waals surface area (Å²) >= 11 is 0. The van der Waals surface area contributed by atoms with Gasteiger partial charge in [-0.15, -0.1) is 0 Å². The smallest absolute Gasteiger partial charge is 0.335 e. The number of nitrogen functional groups attached to an aromatic ring is 1. The molecule has 0 spiro atoms. The fourth-order valence-corrected chi connectivity index (χ4v) is 4.55. The van der Waals surface area contributed by atoms with Crippen LogP contribution in [0.25, 0.3) is 16.9 Å². The molecule has 0 saturated carbocycles. The zero-order valence-corrected chi connectivity index (χ0v) is 18.8. The summed E-state index contributed by atoms with van der Waals surface area (Å²) in [6.45, 7) is 2.56. The van der Waals surface area contributed by atoms with Crippen molar-refractivity contribution in [2.45, 2.75) is 25.8 Å². The monoisotopic (exact) mass is 452 g/mol. The second-order valence-corrected chi connectivity index (χ2v) is 8.32.